The molecule has 0 saturated carbocycles. The number of nitrogens with one attached hydrogen (secondary N) is 6. The molecule has 6 aromatic rings. The highest BCUT2D eigenvalue weighted by atomic mass is 32.2. The Morgan fingerprint density at radius 3 is 1.13 bits per heavy atom. The first kappa shape index (κ1) is 49.6. The number of aromatic nitrogens is 6. The smallest absolute Gasteiger partial charge is 0.338 e. The summed E-state index contributed by atoms with van der Waals surface area (Å²) in [4.78, 5) is 49.1. The molecule has 0 saturated heterocycles. The number of nitrogens with zero attached hydrogens (tertiary/aromatic N) is 6. The van der Waals surface area contributed by atoms with Crippen molar-refractivity contribution in [2.75, 3.05) is 71.3 Å². The third-order valence-corrected chi connectivity index (χ3v) is 10.8. The quantitative estimate of drug-likeness (QED) is 0.0248. The van der Waals surface area contributed by atoms with E-state index in [9.17, 15) is 35.5 Å². The highest BCUT2D eigenvalue weighted by molar-refractivity contribution is 7.86. The maximum atomic E-state index is 12.7. The van der Waals surface area contributed by atoms with Crippen LogP contribution in [0.4, 0.5) is 58.4 Å². The van der Waals surface area contributed by atoms with E-state index in [1.807, 2.05) is 0 Å². The molecule has 0 spiro atoms. The molecule has 4 aromatic carbocycles. The van der Waals surface area contributed by atoms with Crippen molar-refractivity contribution in [2.45, 2.75) is 23.6 Å². The van der Waals surface area contributed by atoms with Gasteiger partial charge in [0.25, 0.3) is 20.2 Å². The molecule has 0 aliphatic carbocycles. The number of benzene rings is 4. The lowest BCUT2D eigenvalue weighted by molar-refractivity contribution is 0.0517. The van der Waals surface area contributed by atoms with Gasteiger partial charge in [-0.05, 0) is 97.8 Å². The lowest BCUT2D eigenvalue weighted by Crippen LogP contribution is -2.16. The van der Waals surface area contributed by atoms with Gasteiger partial charge in [0, 0.05) is 48.9 Å². The van der Waals surface area contributed by atoms with Gasteiger partial charge >= 0.3 is 11.9 Å². The molecule has 2 aromatic heterocycles. The van der Waals surface area contributed by atoms with Crippen LogP contribution in [-0.2, 0) is 29.7 Å². The number of nitrogens with two attached hydrogens (primary N) is 2. The van der Waals surface area contributed by atoms with Crippen molar-refractivity contribution in [2.24, 2.45) is 11.5 Å². The summed E-state index contributed by atoms with van der Waals surface area (Å²) in [6, 6.07) is 20.5. The van der Waals surface area contributed by atoms with E-state index >= 15 is 0 Å². The zero-order valence-electron chi connectivity index (χ0n) is 36.3. The Labute approximate surface area is 390 Å². The molecule has 68 heavy (non-hydrogen) atoms. The number of carbonyl (C=O) groups is 2. The molecule has 0 radical (unpaired) electrons. The fraction of sp³-hybridized carbons (Fsp3) is 0.190. The van der Waals surface area contributed by atoms with Gasteiger partial charge in [0.15, 0.2) is 0 Å². The minimum absolute atomic E-state index is 0.0453. The van der Waals surface area contributed by atoms with Crippen LogP contribution in [0.15, 0.2) is 94.7 Å². The van der Waals surface area contributed by atoms with Crippen LogP contribution < -0.4 is 43.4 Å². The van der Waals surface area contributed by atoms with Gasteiger partial charge in [-0.3, -0.25) is 9.11 Å². The van der Waals surface area contributed by atoms with Crippen LogP contribution in [0.2, 0.25) is 0 Å². The molecule has 356 valence electrons. The minimum Gasteiger partial charge on any atom is -0.462 e. The highest BCUT2D eigenvalue weighted by Crippen LogP contribution is 2.29. The van der Waals surface area contributed by atoms with Crippen molar-refractivity contribution in [1.82, 2.24) is 29.9 Å². The van der Waals surface area contributed by atoms with Crippen LogP contribution in [0.1, 0.15) is 45.7 Å². The largest absolute Gasteiger partial charge is 0.462 e. The second-order valence-electron chi connectivity index (χ2n) is 13.9. The molecule has 0 unspecified atom stereocenters. The topological polar surface area (TPSA) is 363 Å². The zero-order valence-corrected chi connectivity index (χ0v) is 37.9. The van der Waals surface area contributed by atoms with E-state index in [1.54, 1.807) is 62.4 Å². The fourth-order valence-corrected chi connectivity index (χ4v) is 7.37. The molecule has 0 fully saturated rings. The molecule has 2 heterocycles. The Kier molecular flexibility index (Phi) is 16.4. The summed E-state index contributed by atoms with van der Waals surface area (Å²) in [6.45, 7) is 4.94. The zero-order chi connectivity index (χ0) is 48.8. The van der Waals surface area contributed by atoms with Gasteiger partial charge in [-0.2, -0.15) is 46.7 Å². The van der Waals surface area contributed by atoms with Crippen molar-refractivity contribution < 1.29 is 45.0 Å². The normalized spacial score (nSPS) is 11.4. The second-order valence-corrected chi connectivity index (χ2v) is 16.7. The number of rotatable bonds is 22. The van der Waals surface area contributed by atoms with Crippen LogP contribution in [0, 0.1) is 0 Å². The molecule has 24 nitrogen and oxygen atoms in total. The standard InChI is InChI=1S/C42H46N14O10S2/c1-3-65-35(57)27-9-13-29(14-10-27)47-39-51-37(45-21-19-43)53-41(55-39)49-31-17-7-25(33(23-31)67(59,60)61)5-6-26-8-18-32(24-34(26)68(62,63)64)50-42-54-38(46-22-20-44)52-40(56-42)48-30-15-11-28(12-16-30)36(58)66-4-2/h5-18,23-24H,3-4,19-22,43-44H2,1-2H3,(H,59,60,61)(H,62,63,64)(H3,45,47,49,51,53,55)(H3,46,48,50,52,54,56)/b6-5+. The van der Waals surface area contributed by atoms with Gasteiger partial charge in [0.05, 0.1) is 24.3 Å². The maximum Gasteiger partial charge on any atom is 0.338 e. The van der Waals surface area contributed by atoms with E-state index < -0.39 is 42.0 Å². The summed E-state index contributed by atoms with van der Waals surface area (Å²) in [7, 11) is -9.81. The average Bonchev–Trinajstić information content (AvgIpc) is 3.30. The van der Waals surface area contributed by atoms with Gasteiger partial charge in [0.1, 0.15) is 9.79 Å². The summed E-state index contributed by atoms with van der Waals surface area (Å²) in [5.41, 5.74) is 13.1. The molecule has 0 aliphatic rings. The summed E-state index contributed by atoms with van der Waals surface area (Å²) >= 11 is 0. The number of anilines is 10. The SMILES string of the molecule is CCOC(=O)c1ccc(Nc2nc(NCCN)nc(Nc3ccc(/C=C/c4ccc(Nc5nc(NCCN)nc(Nc6ccc(C(=O)OCC)cc6)n5)cc4S(=O)(=O)O)c(S(=O)(=O)O)c3)n2)cc1. The fourth-order valence-electron chi connectivity index (χ4n) is 5.95. The summed E-state index contributed by atoms with van der Waals surface area (Å²) in [5.74, 6) is -0.712. The first-order valence-electron chi connectivity index (χ1n) is 20.5. The van der Waals surface area contributed by atoms with Crippen molar-refractivity contribution in [3.63, 3.8) is 0 Å². The van der Waals surface area contributed by atoms with Gasteiger partial charge < -0.3 is 52.8 Å². The number of hydrogen-bond donors (Lipinski definition) is 10. The molecule has 6 rings (SSSR count). The average molecular weight is 971 g/mol. The third kappa shape index (κ3) is 13.8. The molecule has 0 atom stereocenters. The van der Waals surface area contributed by atoms with Crippen LogP contribution in [0.5, 0.6) is 0 Å². The van der Waals surface area contributed by atoms with Crippen molar-refractivity contribution in [3.8, 4) is 0 Å². The predicted octanol–water partition coefficient (Wildman–Crippen LogP) is 4.79. The number of carbonyl (C=O) groups excluding carboxylic acids is 2. The van der Waals surface area contributed by atoms with Crippen LogP contribution in [0.25, 0.3) is 12.2 Å². The number of ether oxygens (including phenoxy) is 2. The Hall–Kier alpha value is -7.88. The molecular formula is C42H46N14O10S2. The first-order valence-corrected chi connectivity index (χ1v) is 23.4. The Bertz CT molecular complexity index is 2820. The van der Waals surface area contributed by atoms with Crippen molar-refractivity contribution in [3.05, 3.63) is 107 Å². The first-order chi connectivity index (χ1) is 32.5. The van der Waals surface area contributed by atoms with Crippen LogP contribution in [0.3, 0.4) is 0 Å². The number of esters is 2. The van der Waals surface area contributed by atoms with Gasteiger partial charge in [0.2, 0.25) is 35.7 Å². The summed E-state index contributed by atoms with van der Waals surface area (Å²) in [6.07, 6.45) is 2.46. The summed E-state index contributed by atoms with van der Waals surface area (Å²) in [5, 5.41) is 17.7. The van der Waals surface area contributed by atoms with E-state index in [0.29, 0.717) is 35.6 Å². The molecule has 0 bridgehead atoms. The molecule has 12 N–H and O–H groups in total. The Morgan fingerprint density at radius 2 is 0.824 bits per heavy atom. The van der Waals surface area contributed by atoms with E-state index in [0.717, 1.165) is 12.1 Å². The molecule has 0 amide bonds. The van der Waals surface area contributed by atoms with E-state index in [4.69, 9.17) is 20.9 Å². The van der Waals surface area contributed by atoms with Gasteiger partial charge in [-0.1, -0.05) is 24.3 Å². The van der Waals surface area contributed by atoms with Crippen LogP contribution >= 0.6 is 0 Å². The van der Waals surface area contributed by atoms with E-state index in [-0.39, 0.29) is 84.5 Å². The monoisotopic (exact) mass is 970 g/mol. The van der Waals surface area contributed by atoms with Crippen molar-refractivity contribution in [1.29, 1.82) is 0 Å². The molecule has 0 aliphatic heterocycles. The predicted molar refractivity (Wildman–Crippen MR) is 254 cm³/mol. The highest BCUT2D eigenvalue weighted by Gasteiger charge is 2.20. The van der Waals surface area contributed by atoms with Gasteiger partial charge in [-0.15, -0.1) is 0 Å². The molecular weight excluding hydrogens is 925 g/mol. The minimum atomic E-state index is -4.90. The summed E-state index contributed by atoms with van der Waals surface area (Å²) < 4.78 is 81.5. The lowest BCUT2D eigenvalue weighted by atomic mass is 10.1. The number of hydrogen-bond acceptors (Lipinski definition) is 22. The Morgan fingerprint density at radius 1 is 0.515 bits per heavy atom. The Balaban J connectivity index is 1.24. The second kappa shape index (κ2) is 22.5. The lowest BCUT2D eigenvalue weighted by Gasteiger charge is -2.13. The maximum absolute atomic E-state index is 12.7. The molecule has 26 heteroatoms. The third-order valence-electron chi connectivity index (χ3n) is 8.97. The van der Waals surface area contributed by atoms with Gasteiger partial charge in [-0.25, -0.2) is 9.59 Å². The van der Waals surface area contributed by atoms with Crippen molar-refractivity contribution >= 4 is 103 Å². The van der Waals surface area contributed by atoms with E-state index in [2.05, 4.69) is 61.8 Å². The van der Waals surface area contributed by atoms with E-state index in [1.165, 1.54) is 36.4 Å². The van der Waals surface area contributed by atoms with Crippen LogP contribution in [-0.4, -0.2) is 107 Å².